The fourth-order valence-corrected chi connectivity index (χ4v) is 2.01. The Hall–Kier alpha value is -2.29. The highest BCUT2D eigenvalue weighted by Crippen LogP contribution is 2.17. The molecule has 1 atom stereocenters. The van der Waals surface area contributed by atoms with Crippen molar-refractivity contribution in [3.63, 3.8) is 0 Å². The highest BCUT2D eigenvalue weighted by molar-refractivity contribution is 5.94. The summed E-state index contributed by atoms with van der Waals surface area (Å²) < 4.78 is 5.67. The van der Waals surface area contributed by atoms with Gasteiger partial charge in [0, 0.05) is 5.69 Å². The first-order valence-corrected chi connectivity index (χ1v) is 7.07. The van der Waals surface area contributed by atoms with Crippen molar-refractivity contribution in [2.45, 2.75) is 33.8 Å². The molecule has 0 radical (unpaired) electrons. The summed E-state index contributed by atoms with van der Waals surface area (Å²) in [6.07, 6.45) is -0.548. The number of carbonyl (C=O) groups excluding carboxylic acids is 1. The monoisotopic (exact) mass is 283 g/mol. The van der Waals surface area contributed by atoms with Crippen molar-refractivity contribution in [3.8, 4) is 5.75 Å². The molecule has 110 valence electrons. The van der Waals surface area contributed by atoms with Crippen molar-refractivity contribution in [2.75, 3.05) is 5.32 Å². The van der Waals surface area contributed by atoms with Crippen LogP contribution in [0.25, 0.3) is 0 Å². The first-order chi connectivity index (χ1) is 9.95. The van der Waals surface area contributed by atoms with Crippen LogP contribution in [0, 0.1) is 20.8 Å². The molecule has 0 aliphatic heterocycles. The molecule has 0 aliphatic carbocycles. The smallest absolute Gasteiger partial charge is 0.265 e. The number of anilines is 1. The molecule has 0 spiro atoms. The van der Waals surface area contributed by atoms with Gasteiger partial charge in [0.1, 0.15) is 5.75 Å². The Morgan fingerprint density at radius 3 is 2.48 bits per heavy atom. The Bertz CT molecular complexity index is 649. The number of aryl methyl sites for hydroxylation is 3. The maximum atomic E-state index is 12.2. The summed E-state index contributed by atoms with van der Waals surface area (Å²) in [4.78, 5) is 12.2. The molecule has 1 amide bonds. The van der Waals surface area contributed by atoms with Gasteiger partial charge in [-0.2, -0.15) is 0 Å². The van der Waals surface area contributed by atoms with Crippen LogP contribution < -0.4 is 10.1 Å². The van der Waals surface area contributed by atoms with Crippen molar-refractivity contribution in [1.82, 2.24) is 0 Å². The van der Waals surface area contributed by atoms with Crippen LogP contribution in [0.3, 0.4) is 0 Å². The Morgan fingerprint density at radius 2 is 1.81 bits per heavy atom. The molecule has 0 saturated carbocycles. The first kappa shape index (κ1) is 15.1. The number of benzene rings is 2. The molecule has 0 bridgehead atoms. The van der Waals surface area contributed by atoms with E-state index in [1.54, 1.807) is 6.92 Å². The van der Waals surface area contributed by atoms with E-state index in [9.17, 15) is 4.79 Å². The van der Waals surface area contributed by atoms with Crippen LogP contribution in [0.1, 0.15) is 23.6 Å². The van der Waals surface area contributed by atoms with Gasteiger partial charge in [-0.1, -0.05) is 18.2 Å². The van der Waals surface area contributed by atoms with Crippen LogP contribution in [-0.2, 0) is 4.79 Å². The van der Waals surface area contributed by atoms with Gasteiger partial charge < -0.3 is 10.1 Å². The second-order valence-corrected chi connectivity index (χ2v) is 5.36. The second kappa shape index (κ2) is 6.44. The Morgan fingerprint density at radius 1 is 1.05 bits per heavy atom. The summed E-state index contributed by atoms with van der Waals surface area (Å²) in [7, 11) is 0. The average molecular weight is 283 g/mol. The molecular weight excluding hydrogens is 262 g/mol. The van der Waals surface area contributed by atoms with E-state index in [1.807, 2.05) is 63.2 Å². The molecule has 0 aliphatic rings. The van der Waals surface area contributed by atoms with Crippen LogP contribution in [0.15, 0.2) is 42.5 Å². The van der Waals surface area contributed by atoms with E-state index in [1.165, 1.54) is 5.56 Å². The lowest BCUT2D eigenvalue weighted by atomic mass is 10.1. The van der Waals surface area contributed by atoms with E-state index in [0.717, 1.165) is 16.8 Å². The zero-order chi connectivity index (χ0) is 15.4. The van der Waals surface area contributed by atoms with E-state index in [0.29, 0.717) is 5.75 Å². The van der Waals surface area contributed by atoms with Gasteiger partial charge in [-0.15, -0.1) is 0 Å². The van der Waals surface area contributed by atoms with E-state index >= 15 is 0 Å². The number of ether oxygens (including phenoxy) is 1. The summed E-state index contributed by atoms with van der Waals surface area (Å²) in [6, 6.07) is 13.5. The molecule has 0 saturated heterocycles. The van der Waals surface area contributed by atoms with Crippen LogP contribution in [0.5, 0.6) is 5.75 Å². The summed E-state index contributed by atoms with van der Waals surface area (Å²) in [6.45, 7) is 7.81. The van der Waals surface area contributed by atoms with E-state index in [2.05, 4.69) is 5.32 Å². The number of hydrogen-bond acceptors (Lipinski definition) is 2. The number of amides is 1. The van der Waals surface area contributed by atoms with Gasteiger partial charge in [-0.05, 0) is 68.7 Å². The first-order valence-electron chi connectivity index (χ1n) is 7.07. The molecule has 0 aromatic heterocycles. The second-order valence-electron chi connectivity index (χ2n) is 5.36. The average Bonchev–Trinajstić information content (AvgIpc) is 2.43. The molecule has 3 nitrogen and oxygen atoms in total. The van der Waals surface area contributed by atoms with Crippen LogP contribution in [0.2, 0.25) is 0 Å². The topological polar surface area (TPSA) is 38.3 Å². The Kier molecular flexibility index (Phi) is 4.63. The van der Waals surface area contributed by atoms with Gasteiger partial charge in [-0.3, -0.25) is 4.79 Å². The molecule has 2 aromatic rings. The van der Waals surface area contributed by atoms with Gasteiger partial charge in [0.15, 0.2) is 6.10 Å². The Balaban J connectivity index is 2.00. The number of hydrogen-bond donors (Lipinski definition) is 1. The van der Waals surface area contributed by atoms with Crippen LogP contribution >= 0.6 is 0 Å². The lowest BCUT2D eigenvalue weighted by Gasteiger charge is -2.15. The molecule has 0 unspecified atom stereocenters. The zero-order valence-corrected chi connectivity index (χ0v) is 12.9. The number of rotatable bonds is 4. The molecule has 2 aromatic carbocycles. The van der Waals surface area contributed by atoms with Gasteiger partial charge in [0.2, 0.25) is 0 Å². The highest BCUT2D eigenvalue weighted by Gasteiger charge is 2.15. The van der Waals surface area contributed by atoms with Crippen LogP contribution in [-0.4, -0.2) is 12.0 Å². The molecule has 2 rings (SSSR count). The summed E-state index contributed by atoms with van der Waals surface area (Å²) >= 11 is 0. The van der Waals surface area contributed by atoms with E-state index in [4.69, 9.17) is 4.74 Å². The third-order valence-electron chi connectivity index (χ3n) is 3.45. The van der Waals surface area contributed by atoms with E-state index < -0.39 is 6.10 Å². The minimum absolute atomic E-state index is 0.153. The molecule has 3 heteroatoms. The molecule has 0 fully saturated rings. The maximum Gasteiger partial charge on any atom is 0.265 e. The zero-order valence-electron chi connectivity index (χ0n) is 12.9. The van der Waals surface area contributed by atoms with Crippen molar-refractivity contribution >= 4 is 11.6 Å². The quantitative estimate of drug-likeness (QED) is 0.920. The van der Waals surface area contributed by atoms with Gasteiger partial charge >= 0.3 is 0 Å². The van der Waals surface area contributed by atoms with Crippen molar-refractivity contribution in [2.24, 2.45) is 0 Å². The normalized spacial score (nSPS) is 11.8. The standard InChI is InChI=1S/C18H21NO2/c1-12-6-5-7-17(10-12)21-15(4)18(20)19-16-9-8-13(2)14(3)11-16/h5-11,15H,1-4H3,(H,19,20)/t15-/m0/s1. The molecular formula is C18H21NO2. The largest absolute Gasteiger partial charge is 0.481 e. The lowest BCUT2D eigenvalue weighted by molar-refractivity contribution is -0.122. The van der Waals surface area contributed by atoms with Gasteiger partial charge in [0.05, 0.1) is 0 Å². The van der Waals surface area contributed by atoms with Crippen LogP contribution in [0.4, 0.5) is 5.69 Å². The molecule has 21 heavy (non-hydrogen) atoms. The SMILES string of the molecule is Cc1cccc(O[C@@H](C)C(=O)Nc2ccc(C)c(C)c2)c1. The third kappa shape index (κ3) is 4.09. The van der Waals surface area contributed by atoms with Crippen molar-refractivity contribution in [3.05, 3.63) is 59.2 Å². The summed E-state index contributed by atoms with van der Waals surface area (Å²) in [5, 5.41) is 2.88. The maximum absolute atomic E-state index is 12.2. The summed E-state index contributed by atoms with van der Waals surface area (Å²) in [5.41, 5.74) is 4.26. The summed E-state index contributed by atoms with van der Waals surface area (Å²) in [5.74, 6) is 0.553. The minimum atomic E-state index is -0.548. The highest BCUT2D eigenvalue weighted by atomic mass is 16.5. The predicted octanol–water partition coefficient (Wildman–Crippen LogP) is 4.02. The van der Waals surface area contributed by atoms with Gasteiger partial charge in [-0.25, -0.2) is 0 Å². The predicted molar refractivity (Wildman–Crippen MR) is 85.8 cm³/mol. The Labute approximate surface area is 126 Å². The number of nitrogens with one attached hydrogen (secondary N) is 1. The lowest BCUT2D eigenvalue weighted by Crippen LogP contribution is -2.30. The minimum Gasteiger partial charge on any atom is -0.481 e. The number of carbonyl (C=O) groups is 1. The van der Waals surface area contributed by atoms with Crippen molar-refractivity contribution < 1.29 is 9.53 Å². The fourth-order valence-electron chi connectivity index (χ4n) is 2.01. The van der Waals surface area contributed by atoms with Gasteiger partial charge in [0.25, 0.3) is 5.91 Å². The van der Waals surface area contributed by atoms with Crippen molar-refractivity contribution in [1.29, 1.82) is 0 Å². The molecule has 1 N–H and O–H groups in total. The molecule has 0 heterocycles. The fraction of sp³-hybridized carbons (Fsp3) is 0.278. The third-order valence-corrected chi connectivity index (χ3v) is 3.45. The van der Waals surface area contributed by atoms with E-state index in [-0.39, 0.29) is 5.91 Å².